The minimum atomic E-state index is -0.434. The van der Waals surface area contributed by atoms with E-state index in [1.807, 2.05) is 32.0 Å². The van der Waals surface area contributed by atoms with Crippen LogP contribution < -0.4 is 5.73 Å². The first-order valence-corrected chi connectivity index (χ1v) is 8.36. The van der Waals surface area contributed by atoms with Gasteiger partial charge >= 0.3 is 0 Å². The first kappa shape index (κ1) is 18.4. The highest BCUT2D eigenvalue weighted by atomic mass is 16.7. The van der Waals surface area contributed by atoms with Crippen molar-refractivity contribution in [3.8, 4) is 0 Å². The Bertz CT molecular complexity index is 654. The summed E-state index contributed by atoms with van der Waals surface area (Å²) in [6.07, 6.45) is -0.434. The lowest BCUT2D eigenvalue weighted by molar-refractivity contribution is -0.159. The number of nitrogens with two attached hydrogens (primary N) is 1. The molecule has 0 atom stereocenters. The van der Waals surface area contributed by atoms with Crippen LogP contribution in [0.5, 0.6) is 0 Å². The van der Waals surface area contributed by atoms with Gasteiger partial charge < -0.3 is 20.1 Å². The first-order valence-electron chi connectivity index (χ1n) is 8.36. The molecule has 0 aliphatic carbocycles. The van der Waals surface area contributed by atoms with Crippen LogP contribution in [0.4, 0.5) is 0 Å². The van der Waals surface area contributed by atoms with E-state index in [2.05, 4.69) is 24.3 Å². The molecule has 130 valence electrons. The molecule has 0 aliphatic rings. The number of benzene rings is 2. The molecule has 0 saturated carbocycles. The van der Waals surface area contributed by atoms with Gasteiger partial charge in [0.05, 0.1) is 13.1 Å². The van der Waals surface area contributed by atoms with E-state index in [1.165, 1.54) is 5.39 Å². The predicted octanol–water partition coefficient (Wildman–Crippen LogP) is 2.53. The molecule has 2 aromatic rings. The number of rotatable bonds is 9. The van der Waals surface area contributed by atoms with E-state index in [0.717, 1.165) is 10.9 Å². The van der Waals surface area contributed by atoms with E-state index in [9.17, 15) is 4.79 Å². The van der Waals surface area contributed by atoms with Gasteiger partial charge in [0, 0.05) is 19.8 Å². The lowest BCUT2D eigenvalue weighted by Gasteiger charge is -2.27. The van der Waals surface area contributed by atoms with Crippen molar-refractivity contribution in [2.24, 2.45) is 5.73 Å². The monoisotopic (exact) mass is 330 g/mol. The van der Waals surface area contributed by atoms with Crippen LogP contribution in [0.25, 0.3) is 10.8 Å². The van der Waals surface area contributed by atoms with Gasteiger partial charge in [0.1, 0.15) is 0 Å². The second kappa shape index (κ2) is 9.37. The van der Waals surface area contributed by atoms with Gasteiger partial charge in [-0.3, -0.25) is 4.79 Å². The summed E-state index contributed by atoms with van der Waals surface area (Å²) in [6.45, 7) is 5.70. The van der Waals surface area contributed by atoms with Crippen molar-refractivity contribution in [3.63, 3.8) is 0 Å². The molecule has 0 heterocycles. The van der Waals surface area contributed by atoms with Crippen LogP contribution in [-0.2, 0) is 20.8 Å². The standard InChI is InChI=1S/C19H26N2O3/c1-3-23-19(24-4-2)14-21(18(22)12-20)13-15-9-10-16-7-5-6-8-17(16)11-15/h5-11,19H,3-4,12-14,20H2,1-2H3. The number of carbonyl (C=O) groups is 1. The van der Waals surface area contributed by atoms with Crippen LogP contribution in [0.2, 0.25) is 0 Å². The highest BCUT2D eigenvalue weighted by molar-refractivity contribution is 5.83. The molecule has 0 fully saturated rings. The molecule has 0 aliphatic heterocycles. The van der Waals surface area contributed by atoms with Crippen LogP contribution in [0, 0.1) is 0 Å². The van der Waals surface area contributed by atoms with Gasteiger partial charge in [-0.15, -0.1) is 0 Å². The zero-order valence-electron chi connectivity index (χ0n) is 14.4. The smallest absolute Gasteiger partial charge is 0.236 e. The zero-order chi connectivity index (χ0) is 17.4. The van der Waals surface area contributed by atoms with Gasteiger partial charge in [-0.2, -0.15) is 0 Å². The lowest BCUT2D eigenvalue weighted by atomic mass is 10.1. The van der Waals surface area contributed by atoms with Crippen LogP contribution in [0.3, 0.4) is 0 Å². The summed E-state index contributed by atoms with van der Waals surface area (Å²) < 4.78 is 11.1. The lowest BCUT2D eigenvalue weighted by Crippen LogP contribution is -2.42. The largest absolute Gasteiger partial charge is 0.351 e. The minimum absolute atomic E-state index is 0.0292. The molecule has 5 nitrogen and oxygen atoms in total. The molecular weight excluding hydrogens is 304 g/mol. The third kappa shape index (κ3) is 5.03. The topological polar surface area (TPSA) is 64.8 Å². The van der Waals surface area contributed by atoms with E-state index < -0.39 is 6.29 Å². The second-order valence-corrected chi connectivity index (χ2v) is 5.50. The summed E-state index contributed by atoms with van der Waals surface area (Å²) in [7, 11) is 0. The third-order valence-electron chi connectivity index (χ3n) is 3.79. The van der Waals surface area contributed by atoms with Crippen LogP contribution in [0.1, 0.15) is 19.4 Å². The number of fused-ring (bicyclic) bond motifs is 1. The molecule has 2 aromatic carbocycles. The van der Waals surface area contributed by atoms with Gasteiger partial charge in [-0.05, 0) is 36.2 Å². The van der Waals surface area contributed by atoms with E-state index >= 15 is 0 Å². The Kier molecular flexibility index (Phi) is 7.18. The van der Waals surface area contributed by atoms with E-state index in [4.69, 9.17) is 15.2 Å². The van der Waals surface area contributed by atoms with Crippen molar-refractivity contribution in [2.45, 2.75) is 26.7 Å². The van der Waals surface area contributed by atoms with Crippen molar-refractivity contribution in [3.05, 3.63) is 48.0 Å². The maximum atomic E-state index is 12.2. The fourth-order valence-electron chi connectivity index (χ4n) is 2.65. The SMILES string of the molecule is CCOC(CN(Cc1ccc2ccccc2c1)C(=O)CN)OCC. The molecule has 5 heteroatoms. The van der Waals surface area contributed by atoms with Crippen molar-refractivity contribution < 1.29 is 14.3 Å². The second-order valence-electron chi connectivity index (χ2n) is 5.50. The van der Waals surface area contributed by atoms with Crippen LogP contribution >= 0.6 is 0 Å². The number of carbonyl (C=O) groups excluding carboxylic acids is 1. The van der Waals surface area contributed by atoms with E-state index in [-0.39, 0.29) is 12.5 Å². The van der Waals surface area contributed by atoms with Crippen molar-refractivity contribution in [2.75, 3.05) is 26.3 Å². The van der Waals surface area contributed by atoms with Gasteiger partial charge in [-0.25, -0.2) is 0 Å². The molecule has 0 saturated heterocycles. The van der Waals surface area contributed by atoms with Gasteiger partial charge in [-0.1, -0.05) is 36.4 Å². The number of amides is 1. The average molecular weight is 330 g/mol. The summed E-state index contributed by atoms with van der Waals surface area (Å²) in [6, 6.07) is 14.4. The highest BCUT2D eigenvalue weighted by Gasteiger charge is 2.19. The molecule has 0 bridgehead atoms. The fourth-order valence-corrected chi connectivity index (χ4v) is 2.65. The van der Waals surface area contributed by atoms with E-state index in [1.54, 1.807) is 4.90 Å². The quantitative estimate of drug-likeness (QED) is 0.718. The van der Waals surface area contributed by atoms with Crippen LogP contribution in [-0.4, -0.2) is 43.4 Å². The predicted molar refractivity (Wildman–Crippen MR) is 95.5 cm³/mol. The normalized spacial score (nSPS) is 11.2. The molecule has 2 N–H and O–H groups in total. The Balaban J connectivity index is 2.15. The molecule has 0 spiro atoms. The Labute approximate surface area is 143 Å². The van der Waals surface area contributed by atoms with Gasteiger partial charge in [0.25, 0.3) is 0 Å². The first-order chi connectivity index (χ1) is 11.7. The maximum Gasteiger partial charge on any atom is 0.236 e. The molecule has 2 rings (SSSR count). The summed E-state index contributed by atoms with van der Waals surface area (Å²) in [5, 5.41) is 2.33. The molecule has 0 unspecified atom stereocenters. The Hall–Kier alpha value is -1.95. The molecule has 0 radical (unpaired) electrons. The number of ether oxygens (including phenoxy) is 2. The summed E-state index contributed by atoms with van der Waals surface area (Å²) in [5.41, 5.74) is 6.63. The Morgan fingerprint density at radius 1 is 1.08 bits per heavy atom. The Morgan fingerprint density at radius 3 is 2.38 bits per heavy atom. The molecular formula is C19H26N2O3. The maximum absolute atomic E-state index is 12.2. The summed E-state index contributed by atoms with van der Waals surface area (Å²) in [5.74, 6) is -0.118. The number of hydrogen-bond donors (Lipinski definition) is 1. The van der Waals surface area contributed by atoms with Gasteiger partial charge in [0.2, 0.25) is 5.91 Å². The number of hydrogen-bond acceptors (Lipinski definition) is 4. The molecule has 1 amide bonds. The van der Waals surface area contributed by atoms with E-state index in [0.29, 0.717) is 26.3 Å². The number of nitrogens with zero attached hydrogens (tertiary/aromatic N) is 1. The fraction of sp³-hybridized carbons (Fsp3) is 0.421. The minimum Gasteiger partial charge on any atom is -0.351 e. The highest BCUT2D eigenvalue weighted by Crippen LogP contribution is 2.17. The van der Waals surface area contributed by atoms with Gasteiger partial charge in [0.15, 0.2) is 6.29 Å². The summed E-state index contributed by atoms with van der Waals surface area (Å²) in [4.78, 5) is 13.9. The summed E-state index contributed by atoms with van der Waals surface area (Å²) >= 11 is 0. The van der Waals surface area contributed by atoms with Crippen molar-refractivity contribution >= 4 is 16.7 Å². The third-order valence-corrected chi connectivity index (χ3v) is 3.79. The van der Waals surface area contributed by atoms with Crippen molar-refractivity contribution in [1.29, 1.82) is 0 Å². The van der Waals surface area contributed by atoms with Crippen LogP contribution in [0.15, 0.2) is 42.5 Å². The Morgan fingerprint density at radius 2 is 1.75 bits per heavy atom. The van der Waals surface area contributed by atoms with Crippen molar-refractivity contribution in [1.82, 2.24) is 4.90 Å². The molecule has 0 aromatic heterocycles. The molecule has 24 heavy (non-hydrogen) atoms. The zero-order valence-corrected chi connectivity index (χ0v) is 14.4. The average Bonchev–Trinajstić information content (AvgIpc) is 2.60.